The van der Waals surface area contributed by atoms with E-state index in [-0.39, 0.29) is 29.2 Å². The Labute approximate surface area is 184 Å². The molecule has 1 fully saturated rings. The van der Waals surface area contributed by atoms with Gasteiger partial charge in [0.1, 0.15) is 5.82 Å². The van der Waals surface area contributed by atoms with Crippen LogP contribution in [-0.2, 0) is 14.8 Å². The molecule has 1 saturated heterocycles. The van der Waals surface area contributed by atoms with E-state index in [1.807, 2.05) is 19.0 Å². The first kappa shape index (κ1) is 23.4. The zero-order chi connectivity index (χ0) is 22.4. The second kappa shape index (κ2) is 10.3. The molecule has 2 atom stereocenters. The number of halogens is 1. The quantitative estimate of drug-likeness (QED) is 0.675. The lowest BCUT2D eigenvalue weighted by Crippen LogP contribution is -2.46. The average molecular weight is 448 g/mol. The summed E-state index contributed by atoms with van der Waals surface area (Å²) >= 11 is 0. The van der Waals surface area contributed by atoms with Crippen molar-refractivity contribution < 1.29 is 17.6 Å². The lowest BCUT2D eigenvalue weighted by Gasteiger charge is -2.32. The molecule has 1 aliphatic rings. The Hall–Kier alpha value is -2.29. The van der Waals surface area contributed by atoms with Gasteiger partial charge in [0.05, 0.1) is 16.9 Å². The number of sulfonamides is 1. The molecule has 0 aliphatic carbocycles. The number of amides is 1. The number of hydrogen-bond donors (Lipinski definition) is 1. The van der Waals surface area contributed by atoms with Crippen molar-refractivity contribution in [3.05, 3.63) is 66.0 Å². The fraction of sp³-hybridized carbons (Fsp3) is 0.435. The number of piperidine rings is 1. The number of benzene rings is 2. The van der Waals surface area contributed by atoms with Crippen LogP contribution in [0.2, 0.25) is 0 Å². The molecule has 3 rings (SSSR count). The van der Waals surface area contributed by atoms with Crippen LogP contribution < -0.4 is 5.32 Å². The van der Waals surface area contributed by atoms with Crippen LogP contribution in [0.15, 0.2) is 59.5 Å². The molecule has 0 saturated carbocycles. The van der Waals surface area contributed by atoms with Gasteiger partial charge in [0, 0.05) is 13.1 Å². The first-order chi connectivity index (χ1) is 14.8. The Morgan fingerprint density at radius 3 is 2.48 bits per heavy atom. The van der Waals surface area contributed by atoms with Gasteiger partial charge in [0.2, 0.25) is 15.9 Å². The summed E-state index contributed by atoms with van der Waals surface area (Å²) in [7, 11) is 0.280. The van der Waals surface area contributed by atoms with Gasteiger partial charge >= 0.3 is 0 Å². The van der Waals surface area contributed by atoms with E-state index in [1.165, 1.54) is 16.4 Å². The first-order valence-corrected chi connectivity index (χ1v) is 12.0. The van der Waals surface area contributed by atoms with Crippen LogP contribution in [0.1, 0.15) is 30.9 Å². The van der Waals surface area contributed by atoms with Gasteiger partial charge in [-0.05, 0) is 69.7 Å². The summed E-state index contributed by atoms with van der Waals surface area (Å²) in [6.07, 6.45) is 1.93. The molecule has 1 heterocycles. The molecule has 0 bridgehead atoms. The molecule has 6 nitrogen and oxygen atoms in total. The summed E-state index contributed by atoms with van der Waals surface area (Å²) in [5, 5.41) is 3.08. The van der Waals surface area contributed by atoms with E-state index in [0.717, 1.165) is 12.1 Å². The minimum Gasteiger partial charge on any atom is -0.349 e. The van der Waals surface area contributed by atoms with Crippen molar-refractivity contribution in [1.29, 1.82) is 0 Å². The molecule has 8 heteroatoms. The van der Waals surface area contributed by atoms with E-state index >= 15 is 0 Å². The van der Waals surface area contributed by atoms with Gasteiger partial charge in [0.25, 0.3) is 0 Å². The normalized spacial score (nSPS) is 18.6. The molecule has 168 valence electrons. The second-order valence-corrected chi connectivity index (χ2v) is 10.2. The number of carbonyl (C=O) groups is 1. The molecular weight excluding hydrogens is 417 g/mol. The smallest absolute Gasteiger partial charge is 0.243 e. The van der Waals surface area contributed by atoms with Gasteiger partial charge < -0.3 is 10.2 Å². The van der Waals surface area contributed by atoms with E-state index in [4.69, 9.17) is 0 Å². The molecule has 31 heavy (non-hydrogen) atoms. The number of carbonyl (C=O) groups excluding carboxylic acids is 1. The van der Waals surface area contributed by atoms with E-state index in [2.05, 4.69) is 5.32 Å². The topological polar surface area (TPSA) is 69.7 Å². The average Bonchev–Trinajstić information content (AvgIpc) is 2.77. The third-order valence-corrected chi connectivity index (χ3v) is 7.47. The van der Waals surface area contributed by atoms with E-state index < -0.39 is 15.9 Å². The maximum Gasteiger partial charge on any atom is 0.243 e. The summed E-state index contributed by atoms with van der Waals surface area (Å²) < 4.78 is 40.7. The van der Waals surface area contributed by atoms with Gasteiger partial charge in [-0.15, -0.1) is 0 Å². The summed E-state index contributed by atoms with van der Waals surface area (Å²) in [6, 6.07) is 14.2. The lowest BCUT2D eigenvalue weighted by molar-refractivity contribution is -0.126. The predicted molar refractivity (Wildman–Crippen MR) is 118 cm³/mol. The summed E-state index contributed by atoms with van der Waals surface area (Å²) in [4.78, 5) is 15.3. The maximum atomic E-state index is 13.4. The highest BCUT2D eigenvalue weighted by molar-refractivity contribution is 7.89. The van der Waals surface area contributed by atoms with Gasteiger partial charge in [-0.2, -0.15) is 4.31 Å². The highest BCUT2D eigenvalue weighted by Gasteiger charge is 2.34. The van der Waals surface area contributed by atoms with Crippen LogP contribution in [0, 0.1) is 11.7 Å². The Morgan fingerprint density at radius 2 is 1.84 bits per heavy atom. The zero-order valence-corrected chi connectivity index (χ0v) is 18.8. The molecular formula is C23H30FN3O3S. The minimum atomic E-state index is -3.63. The Kier molecular flexibility index (Phi) is 7.80. The highest BCUT2D eigenvalue weighted by Crippen LogP contribution is 2.25. The van der Waals surface area contributed by atoms with Gasteiger partial charge in [-0.1, -0.05) is 30.3 Å². The Balaban J connectivity index is 1.71. The van der Waals surface area contributed by atoms with Crippen LogP contribution in [0.3, 0.4) is 0 Å². The Morgan fingerprint density at radius 1 is 1.16 bits per heavy atom. The predicted octanol–water partition coefficient (Wildman–Crippen LogP) is 3.04. The van der Waals surface area contributed by atoms with Gasteiger partial charge in [0.15, 0.2) is 0 Å². The van der Waals surface area contributed by atoms with Crippen LogP contribution in [0.25, 0.3) is 0 Å². The summed E-state index contributed by atoms with van der Waals surface area (Å²) in [5.41, 5.74) is 0.834. The number of nitrogens with one attached hydrogen (secondary N) is 1. The fourth-order valence-corrected chi connectivity index (χ4v) is 5.36. The van der Waals surface area contributed by atoms with Gasteiger partial charge in [-0.3, -0.25) is 4.79 Å². The van der Waals surface area contributed by atoms with Crippen LogP contribution >= 0.6 is 0 Å². The maximum absolute atomic E-state index is 13.4. The van der Waals surface area contributed by atoms with Crippen molar-refractivity contribution in [1.82, 2.24) is 14.5 Å². The molecule has 0 spiro atoms. The summed E-state index contributed by atoms with van der Waals surface area (Å²) in [5.74, 6) is -0.911. The number of nitrogens with zero attached hydrogens (tertiary/aromatic N) is 2. The molecule has 1 aliphatic heterocycles. The molecule has 0 radical (unpaired) electrons. The molecule has 1 amide bonds. The third kappa shape index (κ3) is 6.12. The standard InChI is InChI=1S/C23H30FN3O3S/c1-26(2)16-14-22(18-10-12-20(24)13-11-18)25-23(28)19-7-6-15-27(17-19)31(29,30)21-8-4-3-5-9-21/h3-5,8-13,19,22H,6-7,14-17H2,1-2H3,(H,25,28). The molecule has 2 aromatic carbocycles. The summed E-state index contributed by atoms with van der Waals surface area (Å²) in [6.45, 7) is 1.32. The molecule has 2 unspecified atom stereocenters. The minimum absolute atomic E-state index is 0.160. The molecule has 1 N–H and O–H groups in total. The van der Waals surface area contributed by atoms with Crippen molar-refractivity contribution in [2.45, 2.75) is 30.2 Å². The zero-order valence-electron chi connectivity index (χ0n) is 18.0. The highest BCUT2D eigenvalue weighted by atomic mass is 32.2. The lowest BCUT2D eigenvalue weighted by atomic mass is 9.96. The SMILES string of the molecule is CN(C)CCC(NC(=O)C1CCCN(S(=O)(=O)c2ccccc2)C1)c1ccc(F)cc1. The first-order valence-electron chi connectivity index (χ1n) is 10.5. The van der Waals surface area contributed by atoms with Crippen molar-refractivity contribution in [2.24, 2.45) is 5.92 Å². The van der Waals surface area contributed by atoms with Crippen LogP contribution in [-0.4, -0.2) is 57.3 Å². The van der Waals surface area contributed by atoms with Gasteiger partial charge in [-0.25, -0.2) is 12.8 Å². The monoisotopic (exact) mass is 447 g/mol. The van der Waals surface area contributed by atoms with Crippen LogP contribution in [0.4, 0.5) is 4.39 Å². The molecule has 0 aromatic heterocycles. The molecule has 2 aromatic rings. The largest absolute Gasteiger partial charge is 0.349 e. The third-order valence-electron chi connectivity index (χ3n) is 5.59. The van der Waals surface area contributed by atoms with Crippen molar-refractivity contribution >= 4 is 15.9 Å². The van der Waals surface area contributed by atoms with Crippen LogP contribution in [0.5, 0.6) is 0 Å². The van der Waals surface area contributed by atoms with E-state index in [9.17, 15) is 17.6 Å². The number of rotatable bonds is 8. The van der Waals surface area contributed by atoms with Crippen molar-refractivity contribution in [3.63, 3.8) is 0 Å². The number of hydrogen-bond acceptors (Lipinski definition) is 4. The Bertz CT molecular complexity index is 965. The fourth-order valence-electron chi connectivity index (χ4n) is 3.81. The van der Waals surface area contributed by atoms with Crippen molar-refractivity contribution in [2.75, 3.05) is 33.7 Å². The van der Waals surface area contributed by atoms with E-state index in [1.54, 1.807) is 42.5 Å². The van der Waals surface area contributed by atoms with Crippen molar-refractivity contribution in [3.8, 4) is 0 Å². The van der Waals surface area contributed by atoms with E-state index in [0.29, 0.717) is 25.8 Å². The second-order valence-electron chi connectivity index (χ2n) is 8.22.